The molecule has 2 rings (SSSR count). The van der Waals surface area contributed by atoms with Crippen LogP contribution in [0, 0.1) is 0 Å². The Morgan fingerprint density at radius 1 is 0.788 bits per heavy atom. The van der Waals surface area contributed by atoms with Crippen molar-refractivity contribution in [1.29, 1.82) is 0 Å². The monoisotopic (exact) mass is 446 g/mol. The maximum absolute atomic E-state index is 12.2. The fourth-order valence-corrected chi connectivity index (χ4v) is 3.10. The van der Waals surface area contributed by atoms with Crippen LogP contribution in [0.15, 0.2) is 82.8 Å². The summed E-state index contributed by atoms with van der Waals surface area (Å²) in [5, 5.41) is 20.1. The van der Waals surface area contributed by atoms with Gasteiger partial charge < -0.3 is 10.2 Å². The summed E-state index contributed by atoms with van der Waals surface area (Å²) in [6.45, 7) is 5.78. The molecule has 0 saturated heterocycles. The van der Waals surface area contributed by atoms with Crippen molar-refractivity contribution in [1.82, 2.24) is 0 Å². The number of aliphatic hydroxyl groups excluding tert-OH is 2. The van der Waals surface area contributed by atoms with Crippen molar-refractivity contribution in [3.63, 3.8) is 0 Å². The van der Waals surface area contributed by atoms with Gasteiger partial charge in [0.05, 0.1) is 12.6 Å². The van der Waals surface area contributed by atoms with Crippen molar-refractivity contribution < 1.29 is 19.8 Å². The number of aliphatic hydroxyl groups is 2. The minimum atomic E-state index is -0.236. The summed E-state index contributed by atoms with van der Waals surface area (Å²) in [7, 11) is 0. The molecule has 33 heavy (non-hydrogen) atoms. The number of carbonyl (C=O) groups is 2. The van der Waals surface area contributed by atoms with E-state index < -0.39 is 0 Å². The lowest BCUT2D eigenvalue weighted by molar-refractivity contribution is -0.114. The molecular formula is C27H30N2O4. The molecule has 0 spiro atoms. The van der Waals surface area contributed by atoms with Gasteiger partial charge in [-0.3, -0.25) is 19.6 Å². The zero-order valence-corrected chi connectivity index (χ0v) is 19.2. The molecule has 1 atom stereocenters. The predicted octanol–water partition coefficient (Wildman–Crippen LogP) is 5.41. The van der Waals surface area contributed by atoms with Gasteiger partial charge in [-0.1, -0.05) is 60.7 Å². The number of ketones is 2. The molecule has 0 radical (unpaired) electrons. The first-order chi connectivity index (χ1) is 15.7. The topological polar surface area (TPSA) is 99.3 Å². The second-order valence-electron chi connectivity index (χ2n) is 7.87. The van der Waals surface area contributed by atoms with E-state index in [1.807, 2.05) is 19.1 Å². The molecule has 0 bridgehead atoms. The molecule has 2 aromatic rings. The van der Waals surface area contributed by atoms with Gasteiger partial charge in [0.2, 0.25) is 0 Å². The minimum Gasteiger partial charge on any atom is -0.507 e. The van der Waals surface area contributed by atoms with Gasteiger partial charge in [0.25, 0.3) is 0 Å². The zero-order chi connectivity index (χ0) is 24.2. The van der Waals surface area contributed by atoms with Crippen LogP contribution in [0.5, 0.6) is 0 Å². The standard InChI is InChI=1S/C27H30N2O4/c1-19(14-24(30)16-26(32)22-10-6-4-7-11-22)28-18-21(3)29-20(2)15-25(31)17-27(33)23-12-8-5-9-13-23/h4-13,16-17,21,32-33H,14-15,18H2,1-3H3/t21-/m0/s1. The van der Waals surface area contributed by atoms with E-state index in [2.05, 4.69) is 9.98 Å². The predicted molar refractivity (Wildman–Crippen MR) is 134 cm³/mol. The smallest absolute Gasteiger partial charge is 0.164 e. The van der Waals surface area contributed by atoms with Crippen molar-refractivity contribution >= 4 is 34.5 Å². The number of aliphatic imine (C=N–C) groups is 2. The molecule has 0 saturated carbocycles. The molecule has 6 nitrogen and oxygen atoms in total. The SMILES string of the molecule is CC(CC(=O)C=C(O)c1ccccc1)=NC[C@H](C)N=C(C)CC(=O)C=C(O)c1ccccc1. The maximum Gasteiger partial charge on any atom is 0.164 e. The van der Waals surface area contributed by atoms with Crippen LogP contribution in [0.1, 0.15) is 44.7 Å². The van der Waals surface area contributed by atoms with Crippen LogP contribution in [0.3, 0.4) is 0 Å². The Morgan fingerprint density at radius 2 is 1.21 bits per heavy atom. The van der Waals surface area contributed by atoms with Crippen LogP contribution in [-0.4, -0.2) is 45.8 Å². The van der Waals surface area contributed by atoms with Crippen LogP contribution in [-0.2, 0) is 9.59 Å². The van der Waals surface area contributed by atoms with Gasteiger partial charge in [0.15, 0.2) is 11.6 Å². The Labute approximate surface area is 194 Å². The van der Waals surface area contributed by atoms with Crippen LogP contribution < -0.4 is 0 Å². The molecule has 6 heteroatoms. The van der Waals surface area contributed by atoms with E-state index in [1.54, 1.807) is 62.4 Å². The number of carbonyl (C=O) groups excluding carboxylic acids is 2. The van der Waals surface area contributed by atoms with Crippen molar-refractivity contribution in [2.45, 2.75) is 39.7 Å². The Hall–Kier alpha value is -3.80. The molecule has 0 aromatic heterocycles. The Morgan fingerprint density at radius 3 is 1.67 bits per heavy atom. The van der Waals surface area contributed by atoms with E-state index in [0.29, 0.717) is 29.1 Å². The van der Waals surface area contributed by atoms with Crippen LogP contribution in [0.25, 0.3) is 11.5 Å². The molecular weight excluding hydrogens is 416 g/mol. The zero-order valence-electron chi connectivity index (χ0n) is 19.2. The van der Waals surface area contributed by atoms with Crippen molar-refractivity contribution in [2.75, 3.05) is 6.54 Å². The van der Waals surface area contributed by atoms with Gasteiger partial charge in [0.1, 0.15) is 11.5 Å². The highest BCUT2D eigenvalue weighted by molar-refractivity contribution is 6.08. The third kappa shape index (κ3) is 9.47. The Balaban J connectivity index is 1.86. The fourth-order valence-electron chi connectivity index (χ4n) is 3.10. The quantitative estimate of drug-likeness (QED) is 0.274. The number of benzene rings is 2. The number of rotatable bonds is 11. The van der Waals surface area contributed by atoms with Gasteiger partial charge in [-0.25, -0.2) is 0 Å². The van der Waals surface area contributed by atoms with Gasteiger partial charge in [-0.05, 0) is 20.8 Å². The second-order valence-corrected chi connectivity index (χ2v) is 7.87. The summed E-state index contributed by atoms with van der Waals surface area (Å²) in [4.78, 5) is 33.2. The summed E-state index contributed by atoms with van der Waals surface area (Å²) >= 11 is 0. The van der Waals surface area contributed by atoms with E-state index in [-0.39, 0.29) is 42.0 Å². The molecule has 172 valence electrons. The summed E-state index contributed by atoms with van der Waals surface area (Å²) in [5.74, 6) is -0.613. The minimum absolute atomic E-state index is 0.0704. The summed E-state index contributed by atoms with van der Waals surface area (Å²) < 4.78 is 0. The van der Waals surface area contributed by atoms with Crippen LogP contribution in [0.4, 0.5) is 0 Å². The van der Waals surface area contributed by atoms with Crippen molar-refractivity contribution in [3.05, 3.63) is 83.9 Å². The molecule has 0 aliphatic carbocycles. The summed E-state index contributed by atoms with van der Waals surface area (Å²) in [6.07, 6.45) is 2.63. The Kier molecular flexibility index (Phi) is 9.96. The number of allylic oxidation sites excluding steroid dienone is 2. The first kappa shape index (κ1) is 25.5. The largest absolute Gasteiger partial charge is 0.507 e. The lowest BCUT2D eigenvalue weighted by Gasteiger charge is -2.07. The first-order valence-electron chi connectivity index (χ1n) is 10.8. The number of hydrogen-bond donors (Lipinski definition) is 2. The number of hydrogen-bond acceptors (Lipinski definition) is 6. The highest BCUT2D eigenvalue weighted by atomic mass is 16.3. The van der Waals surface area contributed by atoms with Gasteiger partial charge in [-0.15, -0.1) is 0 Å². The Bertz CT molecular complexity index is 1070. The van der Waals surface area contributed by atoms with Crippen molar-refractivity contribution in [2.24, 2.45) is 9.98 Å². The molecule has 0 aliphatic heterocycles. The lowest BCUT2D eigenvalue weighted by Crippen LogP contribution is -2.11. The third-order valence-electron chi connectivity index (χ3n) is 4.66. The maximum atomic E-state index is 12.2. The molecule has 0 fully saturated rings. The highest BCUT2D eigenvalue weighted by Crippen LogP contribution is 2.12. The van der Waals surface area contributed by atoms with E-state index in [1.165, 1.54) is 12.2 Å². The average molecular weight is 447 g/mol. The molecule has 0 aliphatic rings. The molecule has 2 aromatic carbocycles. The average Bonchev–Trinajstić information content (AvgIpc) is 2.78. The number of nitrogens with zero attached hydrogens (tertiary/aromatic N) is 2. The fraction of sp³-hybridized carbons (Fsp3) is 0.259. The van der Waals surface area contributed by atoms with Gasteiger partial charge in [0, 0.05) is 47.5 Å². The lowest BCUT2D eigenvalue weighted by atomic mass is 10.1. The third-order valence-corrected chi connectivity index (χ3v) is 4.66. The molecule has 0 unspecified atom stereocenters. The molecule has 0 heterocycles. The second kappa shape index (κ2) is 12.9. The van der Waals surface area contributed by atoms with Crippen LogP contribution in [0.2, 0.25) is 0 Å². The van der Waals surface area contributed by atoms with E-state index in [0.717, 1.165) is 0 Å². The summed E-state index contributed by atoms with van der Waals surface area (Å²) in [6, 6.07) is 17.6. The van der Waals surface area contributed by atoms with Crippen LogP contribution >= 0.6 is 0 Å². The van der Waals surface area contributed by atoms with E-state index >= 15 is 0 Å². The van der Waals surface area contributed by atoms with E-state index in [4.69, 9.17) is 0 Å². The molecule has 0 amide bonds. The van der Waals surface area contributed by atoms with Gasteiger partial charge in [-0.2, -0.15) is 0 Å². The highest BCUT2D eigenvalue weighted by Gasteiger charge is 2.08. The van der Waals surface area contributed by atoms with Gasteiger partial charge >= 0.3 is 0 Å². The summed E-state index contributed by atoms with van der Waals surface area (Å²) in [5.41, 5.74) is 2.45. The first-order valence-corrected chi connectivity index (χ1v) is 10.8. The van der Waals surface area contributed by atoms with E-state index in [9.17, 15) is 19.8 Å². The molecule has 2 N–H and O–H groups in total. The normalized spacial score (nSPS) is 14.2. The van der Waals surface area contributed by atoms with Crippen molar-refractivity contribution in [3.8, 4) is 0 Å².